The fraction of sp³-hybridized carbons (Fsp3) is 0.500. The summed E-state index contributed by atoms with van der Waals surface area (Å²) in [5.41, 5.74) is 1.17. The molecule has 1 heterocycles. The number of carbonyl (C=O) groups excluding carboxylic acids is 2. The minimum absolute atomic E-state index is 0.107. The van der Waals surface area contributed by atoms with Crippen LogP contribution in [0, 0.1) is 0 Å². The Morgan fingerprint density at radius 3 is 2.59 bits per heavy atom. The van der Waals surface area contributed by atoms with E-state index in [-0.39, 0.29) is 25.0 Å². The fourth-order valence-electron chi connectivity index (χ4n) is 2.82. The van der Waals surface area contributed by atoms with Crippen LogP contribution in [0.4, 0.5) is 4.79 Å². The number of carbonyl (C=O) groups is 2. The maximum absolute atomic E-state index is 12.1. The smallest absolute Gasteiger partial charge is 0.315 e. The van der Waals surface area contributed by atoms with Gasteiger partial charge in [-0.15, -0.1) is 0 Å². The number of benzene rings is 1. The first kappa shape index (κ1) is 20.9. The third-order valence-electron chi connectivity index (χ3n) is 4.26. The number of aliphatic hydroxyl groups excluding tert-OH is 1. The van der Waals surface area contributed by atoms with Crippen molar-refractivity contribution in [1.29, 1.82) is 0 Å². The van der Waals surface area contributed by atoms with Crippen molar-refractivity contribution >= 4 is 11.9 Å². The highest BCUT2D eigenvalue weighted by molar-refractivity contribution is 5.77. The first-order chi connectivity index (χ1) is 13.1. The molecule has 1 aliphatic rings. The highest BCUT2D eigenvalue weighted by Gasteiger charge is 2.28. The lowest BCUT2D eigenvalue weighted by molar-refractivity contribution is -0.125. The number of ether oxygens (including phenoxy) is 1. The molecule has 1 aromatic rings. The van der Waals surface area contributed by atoms with Crippen molar-refractivity contribution in [3.63, 3.8) is 0 Å². The predicted molar refractivity (Wildman–Crippen MR) is 103 cm³/mol. The van der Waals surface area contributed by atoms with Crippen LogP contribution in [0.3, 0.4) is 0 Å². The summed E-state index contributed by atoms with van der Waals surface area (Å²) >= 11 is 0. The molecule has 4 N–H and O–H groups in total. The Hall–Kier alpha value is -2.38. The van der Waals surface area contributed by atoms with E-state index in [0.717, 1.165) is 12.8 Å². The number of urea groups is 1. The van der Waals surface area contributed by atoms with Gasteiger partial charge < -0.3 is 25.8 Å². The maximum atomic E-state index is 12.1. The average molecular weight is 375 g/mol. The van der Waals surface area contributed by atoms with Crippen LogP contribution in [0.1, 0.15) is 25.3 Å². The summed E-state index contributed by atoms with van der Waals surface area (Å²) in [6.45, 7) is 2.87. The second-order valence-corrected chi connectivity index (χ2v) is 6.50. The molecule has 0 radical (unpaired) electrons. The highest BCUT2D eigenvalue weighted by atomic mass is 16.5. The van der Waals surface area contributed by atoms with Gasteiger partial charge in [0, 0.05) is 13.1 Å². The van der Waals surface area contributed by atoms with Gasteiger partial charge in [-0.1, -0.05) is 49.4 Å². The van der Waals surface area contributed by atoms with Crippen LogP contribution < -0.4 is 16.0 Å². The lowest BCUT2D eigenvalue weighted by atomic mass is 10.0. The number of rotatable bonds is 9. The SMILES string of the molecule is CCCNC(=O)N[C@@H]1C=C[C@H](CC(=O)NCCc2ccccc2)O[C@@H]1CO. The molecule has 2 rings (SSSR count). The Labute approximate surface area is 160 Å². The number of aliphatic hydroxyl groups is 1. The van der Waals surface area contributed by atoms with Gasteiger partial charge in [0.2, 0.25) is 5.91 Å². The molecule has 1 aliphatic heterocycles. The van der Waals surface area contributed by atoms with Gasteiger partial charge in [-0.3, -0.25) is 4.79 Å². The third kappa shape index (κ3) is 7.40. The van der Waals surface area contributed by atoms with Crippen LogP contribution in [-0.4, -0.2) is 55.0 Å². The van der Waals surface area contributed by atoms with E-state index in [2.05, 4.69) is 16.0 Å². The molecule has 27 heavy (non-hydrogen) atoms. The summed E-state index contributed by atoms with van der Waals surface area (Å²) in [7, 11) is 0. The van der Waals surface area contributed by atoms with Gasteiger partial charge in [-0.05, 0) is 18.4 Å². The van der Waals surface area contributed by atoms with Gasteiger partial charge in [0.05, 0.1) is 25.2 Å². The van der Waals surface area contributed by atoms with Gasteiger partial charge in [0.15, 0.2) is 0 Å². The molecule has 0 aliphatic carbocycles. The normalized spacial score (nSPS) is 21.5. The van der Waals surface area contributed by atoms with E-state index in [1.54, 1.807) is 12.2 Å². The van der Waals surface area contributed by atoms with Crippen molar-refractivity contribution in [2.24, 2.45) is 0 Å². The van der Waals surface area contributed by atoms with E-state index in [0.29, 0.717) is 13.1 Å². The highest BCUT2D eigenvalue weighted by Crippen LogP contribution is 2.15. The van der Waals surface area contributed by atoms with Crippen molar-refractivity contribution in [2.75, 3.05) is 19.7 Å². The van der Waals surface area contributed by atoms with Crippen molar-refractivity contribution < 1.29 is 19.4 Å². The maximum Gasteiger partial charge on any atom is 0.315 e. The first-order valence-corrected chi connectivity index (χ1v) is 9.42. The Kier molecular flexibility index (Phi) is 8.80. The standard InChI is InChI=1S/C20H29N3O4/c1-2-11-22-20(26)23-17-9-8-16(27-18(17)14-24)13-19(25)21-12-10-15-6-4-3-5-7-15/h3-9,16-18,24H,2,10-14H2,1H3,(H,21,25)(H2,22,23,26)/t16-,17-,18-/m1/s1. The van der Waals surface area contributed by atoms with Crippen molar-refractivity contribution in [3.05, 3.63) is 48.0 Å². The molecule has 0 saturated carbocycles. The molecule has 0 fully saturated rings. The summed E-state index contributed by atoms with van der Waals surface area (Å²) in [6.07, 6.45) is 4.32. The van der Waals surface area contributed by atoms with E-state index in [1.165, 1.54) is 5.56 Å². The largest absolute Gasteiger partial charge is 0.394 e. The van der Waals surface area contributed by atoms with Crippen molar-refractivity contribution in [1.82, 2.24) is 16.0 Å². The van der Waals surface area contributed by atoms with E-state index in [9.17, 15) is 14.7 Å². The third-order valence-corrected chi connectivity index (χ3v) is 4.26. The van der Waals surface area contributed by atoms with Gasteiger partial charge in [-0.2, -0.15) is 0 Å². The van der Waals surface area contributed by atoms with Crippen molar-refractivity contribution in [2.45, 2.75) is 44.4 Å². The molecular weight excluding hydrogens is 346 g/mol. The van der Waals surface area contributed by atoms with Crippen LogP contribution in [-0.2, 0) is 16.0 Å². The van der Waals surface area contributed by atoms with Crippen LogP contribution in [0.25, 0.3) is 0 Å². The van der Waals surface area contributed by atoms with Crippen LogP contribution in [0.5, 0.6) is 0 Å². The van der Waals surface area contributed by atoms with Crippen LogP contribution >= 0.6 is 0 Å². The number of hydrogen-bond acceptors (Lipinski definition) is 4. The molecule has 7 nitrogen and oxygen atoms in total. The summed E-state index contributed by atoms with van der Waals surface area (Å²) < 4.78 is 5.75. The first-order valence-electron chi connectivity index (χ1n) is 9.42. The molecular formula is C20H29N3O4. The topological polar surface area (TPSA) is 99.7 Å². The lowest BCUT2D eigenvalue weighted by Gasteiger charge is -2.31. The zero-order valence-corrected chi connectivity index (χ0v) is 15.7. The second kappa shape index (κ2) is 11.4. The molecule has 3 amide bonds. The number of hydrogen-bond donors (Lipinski definition) is 4. The van der Waals surface area contributed by atoms with Crippen molar-refractivity contribution in [3.8, 4) is 0 Å². The zero-order chi connectivity index (χ0) is 19.5. The monoisotopic (exact) mass is 375 g/mol. The Bertz CT molecular complexity index is 621. The van der Waals surface area contributed by atoms with Gasteiger partial charge >= 0.3 is 6.03 Å². The van der Waals surface area contributed by atoms with Gasteiger partial charge in [0.25, 0.3) is 0 Å². The van der Waals surface area contributed by atoms with Gasteiger partial charge in [-0.25, -0.2) is 4.79 Å². The van der Waals surface area contributed by atoms with E-state index in [1.807, 2.05) is 37.3 Å². The number of nitrogens with one attached hydrogen (secondary N) is 3. The summed E-state index contributed by atoms with van der Waals surface area (Å²) in [4.78, 5) is 23.9. The Morgan fingerprint density at radius 1 is 1.11 bits per heavy atom. The predicted octanol–water partition coefficient (Wildman–Crippen LogP) is 1.13. The van der Waals surface area contributed by atoms with E-state index in [4.69, 9.17) is 4.74 Å². The van der Waals surface area contributed by atoms with Crippen LogP contribution in [0.2, 0.25) is 0 Å². The minimum atomic E-state index is -0.579. The van der Waals surface area contributed by atoms with E-state index < -0.39 is 18.2 Å². The number of amides is 3. The molecule has 0 aromatic heterocycles. The summed E-state index contributed by atoms with van der Waals surface area (Å²) in [5, 5.41) is 17.9. The molecule has 3 atom stereocenters. The Morgan fingerprint density at radius 2 is 1.89 bits per heavy atom. The molecule has 148 valence electrons. The Balaban J connectivity index is 1.75. The lowest BCUT2D eigenvalue weighted by Crippen LogP contribution is -2.51. The molecule has 1 aromatic carbocycles. The molecule has 0 bridgehead atoms. The fourth-order valence-corrected chi connectivity index (χ4v) is 2.82. The quantitative estimate of drug-likeness (QED) is 0.486. The average Bonchev–Trinajstić information content (AvgIpc) is 2.68. The van der Waals surface area contributed by atoms with Gasteiger partial charge in [0.1, 0.15) is 6.10 Å². The zero-order valence-electron chi connectivity index (χ0n) is 15.7. The molecule has 0 saturated heterocycles. The molecule has 0 unspecified atom stereocenters. The molecule has 0 spiro atoms. The summed E-state index contributed by atoms with van der Waals surface area (Å²) in [5.74, 6) is -0.107. The molecule has 7 heteroatoms. The van der Waals surface area contributed by atoms with Crippen LogP contribution in [0.15, 0.2) is 42.5 Å². The minimum Gasteiger partial charge on any atom is -0.394 e. The second-order valence-electron chi connectivity index (χ2n) is 6.50. The van der Waals surface area contributed by atoms with E-state index >= 15 is 0 Å². The summed E-state index contributed by atoms with van der Waals surface area (Å²) in [6, 6.07) is 9.22.